The van der Waals surface area contributed by atoms with Gasteiger partial charge in [0.2, 0.25) is 0 Å². The molecule has 0 rings (SSSR count). The van der Waals surface area contributed by atoms with Crippen molar-refractivity contribution in [3.8, 4) is 0 Å². The van der Waals surface area contributed by atoms with E-state index in [4.69, 9.17) is 15.9 Å². The molecule has 0 saturated heterocycles. The van der Waals surface area contributed by atoms with Crippen LogP contribution in [0.3, 0.4) is 0 Å². The Morgan fingerprint density at radius 3 is 2.36 bits per heavy atom. The molecule has 3 atom stereocenters. The smallest absolute Gasteiger partial charge is 0.0786 e. The van der Waals surface area contributed by atoms with E-state index in [1.165, 1.54) is 0 Å². The summed E-state index contributed by atoms with van der Waals surface area (Å²) in [7, 11) is 0. The summed E-state index contributed by atoms with van der Waals surface area (Å²) in [6.45, 7) is 1.80. The summed E-state index contributed by atoms with van der Waals surface area (Å²) in [5, 5.41) is 27.3. The average Bonchev–Trinajstić information content (AvgIpc) is 2.17. The van der Waals surface area contributed by atoms with E-state index in [9.17, 15) is 5.11 Å². The lowest BCUT2D eigenvalue weighted by Crippen LogP contribution is -2.38. The Kier molecular flexibility index (Phi) is 8.08. The van der Waals surface area contributed by atoms with Gasteiger partial charge in [-0.05, 0) is 12.8 Å². The van der Waals surface area contributed by atoms with E-state index in [1.54, 1.807) is 0 Å². The predicted molar refractivity (Wildman–Crippen MR) is 55.8 cm³/mol. The van der Waals surface area contributed by atoms with Crippen LogP contribution in [0.1, 0.15) is 39.0 Å². The Balaban J connectivity index is 3.58. The Morgan fingerprint density at radius 1 is 1.21 bits per heavy atom. The van der Waals surface area contributed by atoms with Crippen LogP contribution in [0.2, 0.25) is 0 Å². The molecule has 2 unspecified atom stereocenters. The molecule has 14 heavy (non-hydrogen) atoms. The monoisotopic (exact) mass is 205 g/mol. The molecular formula is C10H23NO3. The standard InChI is InChI=1S/C10H23NO3/c1-2-3-4-5-10(14)9(11)6-8(13)7-12/h8-10,12-14H,2-7,11H2,1H3/t8?,9-,10?/m0/s1. The second-order valence-corrected chi connectivity index (χ2v) is 3.80. The lowest BCUT2D eigenvalue weighted by molar-refractivity contribution is 0.0547. The first-order chi connectivity index (χ1) is 6.61. The summed E-state index contributed by atoms with van der Waals surface area (Å²) in [4.78, 5) is 0. The van der Waals surface area contributed by atoms with Gasteiger partial charge in [-0.15, -0.1) is 0 Å². The van der Waals surface area contributed by atoms with Crippen molar-refractivity contribution in [2.75, 3.05) is 6.61 Å². The molecule has 0 saturated carbocycles. The molecular weight excluding hydrogens is 182 g/mol. The Labute approximate surface area is 85.7 Å². The maximum Gasteiger partial charge on any atom is 0.0786 e. The van der Waals surface area contributed by atoms with Crippen LogP contribution >= 0.6 is 0 Å². The quantitative estimate of drug-likeness (QED) is 0.420. The van der Waals surface area contributed by atoms with Crippen LogP contribution in [0.15, 0.2) is 0 Å². The van der Waals surface area contributed by atoms with Crippen molar-refractivity contribution in [2.24, 2.45) is 5.73 Å². The van der Waals surface area contributed by atoms with Crippen molar-refractivity contribution in [3.05, 3.63) is 0 Å². The molecule has 0 aliphatic carbocycles. The number of aliphatic hydroxyl groups excluding tert-OH is 3. The van der Waals surface area contributed by atoms with Crippen LogP contribution in [-0.4, -0.2) is 40.2 Å². The first-order valence-electron chi connectivity index (χ1n) is 5.34. The van der Waals surface area contributed by atoms with Gasteiger partial charge in [-0.1, -0.05) is 26.2 Å². The maximum absolute atomic E-state index is 9.57. The molecule has 0 bridgehead atoms. The molecule has 0 aromatic heterocycles. The zero-order chi connectivity index (χ0) is 11.0. The zero-order valence-corrected chi connectivity index (χ0v) is 8.89. The van der Waals surface area contributed by atoms with Crippen LogP contribution < -0.4 is 5.73 Å². The van der Waals surface area contributed by atoms with Gasteiger partial charge in [0.05, 0.1) is 18.8 Å². The van der Waals surface area contributed by atoms with Gasteiger partial charge < -0.3 is 21.1 Å². The Hall–Kier alpha value is -0.160. The minimum Gasteiger partial charge on any atom is -0.394 e. The topological polar surface area (TPSA) is 86.7 Å². The van der Waals surface area contributed by atoms with Crippen molar-refractivity contribution < 1.29 is 15.3 Å². The van der Waals surface area contributed by atoms with Crippen molar-refractivity contribution in [1.82, 2.24) is 0 Å². The second kappa shape index (κ2) is 8.17. The normalized spacial score (nSPS) is 17.8. The highest BCUT2D eigenvalue weighted by molar-refractivity contribution is 4.74. The van der Waals surface area contributed by atoms with Gasteiger partial charge in [0.15, 0.2) is 0 Å². The van der Waals surface area contributed by atoms with Crippen LogP contribution in [0.5, 0.6) is 0 Å². The Bertz CT molecular complexity index is 133. The van der Waals surface area contributed by atoms with Gasteiger partial charge in [0.1, 0.15) is 0 Å². The minimum absolute atomic E-state index is 0.254. The van der Waals surface area contributed by atoms with Crippen LogP contribution in [0, 0.1) is 0 Å². The van der Waals surface area contributed by atoms with Crippen molar-refractivity contribution in [1.29, 1.82) is 0 Å². The molecule has 0 aromatic carbocycles. The zero-order valence-electron chi connectivity index (χ0n) is 8.89. The summed E-state index contributed by atoms with van der Waals surface area (Å²) in [6.07, 6.45) is 2.71. The lowest BCUT2D eigenvalue weighted by Gasteiger charge is -2.20. The summed E-state index contributed by atoms with van der Waals surface area (Å²) < 4.78 is 0. The summed E-state index contributed by atoms with van der Waals surface area (Å²) in [6, 6.07) is -0.436. The van der Waals surface area contributed by atoms with Crippen LogP contribution in [-0.2, 0) is 0 Å². The van der Waals surface area contributed by atoms with Crippen molar-refractivity contribution >= 4 is 0 Å². The molecule has 4 heteroatoms. The molecule has 0 spiro atoms. The van der Waals surface area contributed by atoms with E-state index < -0.39 is 18.2 Å². The maximum atomic E-state index is 9.57. The fraction of sp³-hybridized carbons (Fsp3) is 1.00. The van der Waals surface area contributed by atoms with E-state index in [-0.39, 0.29) is 13.0 Å². The lowest BCUT2D eigenvalue weighted by atomic mass is 10.00. The first-order valence-corrected chi connectivity index (χ1v) is 5.34. The second-order valence-electron chi connectivity index (χ2n) is 3.80. The number of hydrogen-bond donors (Lipinski definition) is 4. The summed E-state index contributed by atoms with van der Waals surface area (Å²) in [5.41, 5.74) is 5.65. The van der Waals surface area contributed by atoms with E-state index in [0.717, 1.165) is 19.3 Å². The highest BCUT2D eigenvalue weighted by Gasteiger charge is 2.17. The van der Waals surface area contributed by atoms with Crippen molar-refractivity contribution in [3.63, 3.8) is 0 Å². The van der Waals surface area contributed by atoms with Gasteiger partial charge in [0, 0.05) is 6.04 Å². The summed E-state index contributed by atoms with van der Waals surface area (Å²) >= 11 is 0. The van der Waals surface area contributed by atoms with Gasteiger partial charge in [-0.3, -0.25) is 0 Å². The van der Waals surface area contributed by atoms with Crippen LogP contribution in [0.25, 0.3) is 0 Å². The number of nitrogens with two attached hydrogens (primary N) is 1. The molecule has 5 N–H and O–H groups in total. The van der Waals surface area contributed by atoms with Gasteiger partial charge >= 0.3 is 0 Å². The highest BCUT2D eigenvalue weighted by atomic mass is 16.3. The molecule has 0 radical (unpaired) electrons. The SMILES string of the molecule is CCCCCC(O)[C@@H](N)CC(O)CO. The third kappa shape index (κ3) is 6.32. The Morgan fingerprint density at radius 2 is 1.86 bits per heavy atom. The summed E-state index contributed by atoms with van der Waals surface area (Å²) in [5.74, 6) is 0. The van der Waals surface area contributed by atoms with E-state index in [2.05, 4.69) is 6.92 Å². The van der Waals surface area contributed by atoms with Crippen LogP contribution in [0.4, 0.5) is 0 Å². The third-order valence-electron chi connectivity index (χ3n) is 2.35. The number of aliphatic hydroxyl groups is 3. The van der Waals surface area contributed by atoms with Gasteiger partial charge in [0.25, 0.3) is 0 Å². The predicted octanol–water partition coefficient (Wildman–Crippen LogP) is -0.00180. The van der Waals surface area contributed by atoms with Gasteiger partial charge in [-0.2, -0.15) is 0 Å². The molecule has 0 amide bonds. The largest absolute Gasteiger partial charge is 0.394 e. The number of unbranched alkanes of at least 4 members (excludes halogenated alkanes) is 2. The van der Waals surface area contributed by atoms with E-state index in [0.29, 0.717) is 6.42 Å². The van der Waals surface area contributed by atoms with Gasteiger partial charge in [-0.25, -0.2) is 0 Å². The molecule has 0 heterocycles. The fourth-order valence-electron chi connectivity index (χ4n) is 1.36. The van der Waals surface area contributed by atoms with E-state index in [1.807, 2.05) is 0 Å². The first kappa shape index (κ1) is 13.8. The molecule has 4 nitrogen and oxygen atoms in total. The molecule has 0 aliphatic heterocycles. The van der Waals surface area contributed by atoms with Crippen molar-refractivity contribution in [2.45, 2.75) is 57.3 Å². The molecule has 0 fully saturated rings. The molecule has 0 aromatic rings. The average molecular weight is 205 g/mol. The number of hydrogen-bond acceptors (Lipinski definition) is 4. The number of rotatable bonds is 8. The minimum atomic E-state index is -0.814. The third-order valence-corrected chi connectivity index (χ3v) is 2.35. The van der Waals surface area contributed by atoms with E-state index >= 15 is 0 Å². The highest BCUT2D eigenvalue weighted by Crippen LogP contribution is 2.09. The molecule has 86 valence electrons. The fourth-order valence-corrected chi connectivity index (χ4v) is 1.36. The molecule has 0 aliphatic rings.